The fourth-order valence-electron chi connectivity index (χ4n) is 3.47. The van der Waals surface area contributed by atoms with Crippen molar-refractivity contribution in [2.45, 2.75) is 31.0 Å². The number of carbonyl (C=O) groups is 1. The van der Waals surface area contributed by atoms with Crippen molar-refractivity contribution in [1.82, 2.24) is 4.90 Å². The summed E-state index contributed by atoms with van der Waals surface area (Å²) in [6.45, 7) is 4.23. The summed E-state index contributed by atoms with van der Waals surface area (Å²) in [6.07, 6.45) is -0.240. The molecular weight excluding hydrogens is 428 g/mol. The number of morpholine rings is 1. The number of hydrogen-bond donors (Lipinski definition) is 0. The Bertz CT molecular complexity index is 987. The maximum Gasteiger partial charge on any atom is 0.264 e. The molecule has 2 aromatic rings. The number of sulfonamides is 1. The van der Waals surface area contributed by atoms with E-state index in [1.807, 2.05) is 13.8 Å². The first kappa shape index (κ1) is 22.4. The molecule has 162 valence electrons. The molecule has 30 heavy (non-hydrogen) atoms. The summed E-state index contributed by atoms with van der Waals surface area (Å²) in [7, 11) is -2.59. The van der Waals surface area contributed by atoms with Crippen molar-refractivity contribution >= 4 is 33.2 Å². The van der Waals surface area contributed by atoms with E-state index in [1.165, 1.54) is 31.4 Å². The van der Waals surface area contributed by atoms with Gasteiger partial charge in [0.05, 0.1) is 29.9 Å². The number of ether oxygens (including phenoxy) is 2. The molecule has 1 saturated heterocycles. The topological polar surface area (TPSA) is 76.2 Å². The van der Waals surface area contributed by atoms with E-state index < -0.39 is 10.0 Å². The first-order valence-electron chi connectivity index (χ1n) is 9.57. The molecule has 0 saturated carbocycles. The third kappa shape index (κ3) is 4.88. The molecule has 2 aromatic carbocycles. The van der Waals surface area contributed by atoms with Gasteiger partial charge in [0.25, 0.3) is 10.0 Å². The predicted molar refractivity (Wildman–Crippen MR) is 116 cm³/mol. The van der Waals surface area contributed by atoms with Crippen LogP contribution < -0.4 is 9.04 Å². The number of carbonyl (C=O) groups excluding carboxylic acids is 1. The van der Waals surface area contributed by atoms with E-state index in [2.05, 4.69) is 0 Å². The molecule has 1 heterocycles. The molecule has 1 aliphatic rings. The van der Waals surface area contributed by atoms with Crippen molar-refractivity contribution in [2.24, 2.45) is 0 Å². The molecule has 9 heteroatoms. The van der Waals surface area contributed by atoms with Crippen LogP contribution in [-0.2, 0) is 19.6 Å². The van der Waals surface area contributed by atoms with Crippen LogP contribution in [-0.4, -0.2) is 58.2 Å². The summed E-state index contributed by atoms with van der Waals surface area (Å²) in [5.41, 5.74) is 0.289. The Hall–Kier alpha value is -2.29. The number of rotatable bonds is 6. The lowest BCUT2D eigenvalue weighted by Gasteiger charge is -2.36. The Labute approximate surface area is 182 Å². The van der Waals surface area contributed by atoms with Gasteiger partial charge in [-0.15, -0.1) is 0 Å². The number of anilines is 1. The van der Waals surface area contributed by atoms with Gasteiger partial charge in [-0.05, 0) is 50.2 Å². The van der Waals surface area contributed by atoms with Gasteiger partial charge < -0.3 is 14.4 Å². The van der Waals surface area contributed by atoms with Crippen LogP contribution in [0.4, 0.5) is 5.69 Å². The average molecular weight is 453 g/mol. The van der Waals surface area contributed by atoms with E-state index in [0.29, 0.717) is 23.9 Å². The second-order valence-electron chi connectivity index (χ2n) is 7.19. The van der Waals surface area contributed by atoms with Crippen molar-refractivity contribution in [1.29, 1.82) is 0 Å². The van der Waals surface area contributed by atoms with E-state index >= 15 is 0 Å². The summed E-state index contributed by atoms with van der Waals surface area (Å²) in [5, 5.41) is 0.421. The minimum Gasteiger partial charge on any atom is -0.495 e. The van der Waals surface area contributed by atoms with E-state index in [9.17, 15) is 13.2 Å². The molecule has 7 nitrogen and oxygen atoms in total. The minimum atomic E-state index is -4.05. The number of para-hydroxylation sites is 2. The summed E-state index contributed by atoms with van der Waals surface area (Å²) in [4.78, 5) is 14.8. The molecule has 3 rings (SSSR count). The van der Waals surface area contributed by atoms with Crippen molar-refractivity contribution in [3.63, 3.8) is 0 Å². The van der Waals surface area contributed by atoms with Gasteiger partial charge in [0, 0.05) is 18.1 Å². The summed E-state index contributed by atoms with van der Waals surface area (Å²) in [5.74, 6) is 0.0481. The predicted octanol–water partition coefficient (Wildman–Crippen LogP) is 3.18. The van der Waals surface area contributed by atoms with Gasteiger partial charge in [-0.25, -0.2) is 8.42 Å². The Kier molecular flexibility index (Phi) is 6.90. The highest BCUT2D eigenvalue weighted by Gasteiger charge is 2.33. The number of amides is 1. The molecule has 1 amide bonds. The van der Waals surface area contributed by atoms with Gasteiger partial charge in [-0.3, -0.25) is 9.10 Å². The van der Waals surface area contributed by atoms with Crippen LogP contribution in [0, 0.1) is 0 Å². The van der Waals surface area contributed by atoms with Gasteiger partial charge in [0.1, 0.15) is 12.3 Å². The smallest absolute Gasteiger partial charge is 0.264 e. The minimum absolute atomic E-state index is 0.0364. The standard InChI is InChI=1S/C21H25ClN2O5S/c1-15-12-23(13-16(2)29-15)21(25)14-24(19-6-4-5-7-20(19)28-3)30(26,27)18-10-8-17(22)9-11-18/h4-11,15-16H,12-14H2,1-3H3. The van der Waals surface area contributed by atoms with E-state index in [4.69, 9.17) is 21.1 Å². The molecule has 0 spiro atoms. The third-order valence-electron chi connectivity index (χ3n) is 4.81. The van der Waals surface area contributed by atoms with Gasteiger partial charge in [-0.1, -0.05) is 23.7 Å². The first-order chi connectivity index (χ1) is 14.2. The fourth-order valence-corrected chi connectivity index (χ4v) is 5.02. The van der Waals surface area contributed by atoms with Gasteiger partial charge in [0.15, 0.2) is 0 Å². The van der Waals surface area contributed by atoms with Crippen LogP contribution in [0.3, 0.4) is 0 Å². The van der Waals surface area contributed by atoms with Gasteiger partial charge in [-0.2, -0.15) is 0 Å². The van der Waals surface area contributed by atoms with Crippen molar-refractivity contribution in [3.8, 4) is 5.75 Å². The van der Waals surface area contributed by atoms with Crippen LogP contribution in [0.2, 0.25) is 5.02 Å². The molecule has 0 aromatic heterocycles. The van der Waals surface area contributed by atoms with Crippen LogP contribution in [0.15, 0.2) is 53.4 Å². The third-order valence-corrected chi connectivity index (χ3v) is 6.83. The van der Waals surface area contributed by atoms with E-state index in [0.717, 1.165) is 4.31 Å². The largest absolute Gasteiger partial charge is 0.495 e. The van der Waals surface area contributed by atoms with Gasteiger partial charge in [0.2, 0.25) is 5.91 Å². The fraction of sp³-hybridized carbons (Fsp3) is 0.381. The van der Waals surface area contributed by atoms with Crippen LogP contribution >= 0.6 is 11.6 Å². The average Bonchev–Trinajstić information content (AvgIpc) is 2.71. The Morgan fingerprint density at radius 3 is 2.33 bits per heavy atom. The second-order valence-corrected chi connectivity index (χ2v) is 9.49. The number of halogens is 1. The molecule has 0 aliphatic carbocycles. The Morgan fingerprint density at radius 1 is 1.13 bits per heavy atom. The van der Waals surface area contributed by atoms with Crippen LogP contribution in [0.1, 0.15) is 13.8 Å². The highest BCUT2D eigenvalue weighted by Crippen LogP contribution is 2.32. The molecule has 0 N–H and O–H groups in total. The zero-order valence-corrected chi connectivity index (χ0v) is 18.7. The Balaban J connectivity index is 2.00. The number of methoxy groups -OCH3 is 1. The maximum absolute atomic E-state index is 13.5. The summed E-state index contributed by atoms with van der Waals surface area (Å²) < 4.78 is 39.1. The zero-order valence-electron chi connectivity index (χ0n) is 17.1. The normalized spacial score (nSPS) is 19.4. The first-order valence-corrected chi connectivity index (χ1v) is 11.4. The highest BCUT2D eigenvalue weighted by atomic mass is 35.5. The molecular formula is C21H25ClN2O5S. The number of benzene rings is 2. The number of nitrogens with zero attached hydrogens (tertiary/aromatic N) is 2. The van der Waals surface area contributed by atoms with Crippen molar-refractivity contribution < 1.29 is 22.7 Å². The lowest BCUT2D eigenvalue weighted by molar-refractivity contribution is -0.141. The van der Waals surface area contributed by atoms with Crippen molar-refractivity contribution in [3.05, 3.63) is 53.6 Å². The van der Waals surface area contributed by atoms with Crippen molar-refractivity contribution in [2.75, 3.05) is 31.0 Å². The van der Waals surface area contributed by atoms with E-state index in [1.54, 1.807) is 29.2 Å². The number of hydrogen-bond acceptors (Lipinski definition) is 5. The molecule has 1 aliphatic heterocycles. The summed E-state index contributed by atoms with van der Waals surface area (Å²) in [6, 6.07) is 12.6. The molecule has 1 fully saturated rings. The van der Waals surface area contributed by atoms with Crippen LogP contribution in [0.5, 0.6) is 5.75 Å². The molecule has 2 unspecified atom stereocenters. The lowest BCUT2D eigenvalue weighted by Crippen LogP contribution is -2.51. The highest BCUT2D eigenvalue weighted by molar-refractivity contribution is 7.92. The Morgan fingerprint density at radius 2 is 1.73 bits per heavy atom. The monoisotopic (exact) mass is 452 g/mol. The lowest BCUT2D eigenvalue weighted by atomic mass is 10.2. The van der Waals surface area contributed by atoms with Crippen LogP contribution in [0.25, 0.3) is 0 Å². The van der Waals surface area contributed by atoms with Gasteiger partial charge >= 0.3 is 0 Å². The zero-order chi connectivity index (χ0) is 21.9. The maximum atomic E-state index is 13.5. The quantitative estimate of drug-likeness (QED) is 0.672. The molecule has 2 atom stereocenters. The SMILES string of the molecule is COc1ccccc1N(CC(=O)N1CC(C)OC(C)C1)S(=O)(=O)c1ccc(Cl)cc1. The second kappa shape index (κ2) is 9.24. The molecule has 0 radical (unpaired) electrons. The van der Waals surface area contributed by atoms with E-state index in [-0.39, 0.29) is 35.2 Å². The summed E-state index contributed by atoms with van der Waals surface area (Å²) >= 11 is 5.92. The molecule has 0 bridgehead atoms.